The van der Waals surface area contributed by atoms with Gasteiger partial charge in [0.2, 0.25) is 0 Å². The molecule has 0 saturated heterocycles. The Balaban J connectivity index is -0.0000000243. The van der Waals surface area contributed by atoms with E-state index in [1.54, 1.807) is 24.3 Å². The molecule has 0 N–H and O–H groups in total. The quantitative estimate of drug-likeness (QED) is 0.643. The summed E-state index contributed by atoms with van der Waals surface area (Å²) in [5.41, 5.74) is 0. The molecule has 0 aromatic carbocycles. The van der Waals surface area contributed by atoms with Crippen molar-refractivity contribution in [2.24, 2.45) is 0 Å². The van der Waals surface area contributed by atoms with Gasteiger partial charge in [-0.25, -0.2) is 0 Å². The third-order valence-corrected chi connectivity index (χ3v) is 0. The zero-order valence-corrected chi connectivity index (χ0v) is 11.0. The van der Waals surface area contributed by atoms with E-state index < -0.39 is 0 Å². The first-order valence-corrected chi connectivity index (χ1v) is 5.27. The molecule has 0 aromatic rings. The van der Waals surface area contributed by atoms with Crippen molar-refractivity contribution >= 4 is 9.69 Å². The Morgan fingerprint density at radius 2 is 0.643 bits per heavy atom. The van der Waals surface area contributed by atoms with E-state index in [-0.39, 0.29) is 0 Å². The molecule has 0 atom stereocenters. The summed E-state index contributed by atoms with van der Waals surface area (Å²) in [6, 6.07) is 7.00. The van der Waals surface area contributed by atoms with Crippen molar-refractivity contribution in [1.29, 1.82) is 21.0 Å². The molecule has 0 unspecified atom stereocenters. The van der Waals surface area contributed by atoms with Crippen LogP contribution in [0.5, 0.6) is 0 Å². The second-order valence-corrected chi connectivity index (χ2v) is 0.894. The van der Waals surface area contributed by atoms with Gasteiger partial charge in [0.1, 0.15) is 0 Å². The van der Waals surface area contributed by atoms with Gasteiger partial charge in [0.25, 0.3) is 0 Å². The van der Waals surface area contributed by atoms with Crippen molar-refractivity contribution in [2.75, 3.05) is 0 Å². The average Bonchev–Trinajstić information content (AvgIpc) is 2.12. The number of nitrogens with zero attached hydrogens (tertiary/aromatic N) is 4. The SMILES string of the molecule is CC#N.CC#N.CC#N.CC#N.[Cl][Ru]. The number of rotatable bonds is 0. The molecule has 0 rings (SSSR count). The maximum atomic E-state index is 7.32. The summed E-state index contributed by atoms with van der Waals surface area (Å²) in [6.45, 7) is 5.72. The summed E-state index contributed by atoms with van der Waals surface area (Å²) in [6.07, 6.45) is 0. The van der Waals surface area contributed by atoms with Crippen molar-refractivity contribution in [2.45, 2.75) is 27.7 Å². The number of nitriles is 4. The fourth-order valence-electron chi connectivity index (χ4n) is 0. The van der Waals surface area contributed by atoms with E-state index in [0.29, 0.717) is 0 Å². The van der Waals surface area contributed by atoms with Crippen LogP contribution in [0, 0.1) is 45.3 Å². The summed E-state index contributed by atoms with van der Waals surface area (Å²) in [5.74, 6) is 0. The fourth-order valence-corrected chi connectivity index (χ4v) is 0. The average molecular weight is 301 g/mol. The molecule has 79 valence electrons. The second kappa shape index (κ2) is 170. The van der Waals surface area contributed by atoms with E-state index in [4.69, 9.17) is 21.0 Å². The molecular formula is C8H12ClN4Ru. The van der Waals surface area contributed by atoms with Gasteiger partial charge in [-0.3, -0.25) is 0 Å². The van der Waals surface area contributed by atoms with Crippen LogP contribution in [0.3, 0.4) is 0 Å². The van der Waals surface area contributed by atoms with E-state index in [2.05, 4.69) is 9.69 Å². The predicted molar refractivity (Wildman–Crippen MR) is 51.0 cm³/mol. The van der Waals surface area contributed by atoms with E-state index >= 15 is 0 Å². The standard InChI is InChI=1S/4C2H3N.ClH.Ru/c4*1-2-3;;/h4*1H3;1H;/q;;;;;+1/p-1. The summed E-state index contributed by atoms with van der Waals surface area (Å²) in [7, 11) is 4.57. The van der Waals surface area contributed by atoms with Gasteiger partial charge in [-0.15, -0.1) is 0 Å². The summed E-state index contributed by atoms with van der Waals surface area (Å²) < 4.78 is 0. The number of halogens is 1. The molecule has 0 amide bonds. The van der Waals surface area contributed by atoms with Crippen LogP contribution in [0.1, 0.15) is 27.7 Å². The van der Waals surface area contributed by atoms with Crippen LogP contribution in [0.25, 0.3) is 0 Å². The van der Waals surface area contributed by atoms with Crippen LogP contribution in [0.15, 0.2) is 0 Å². The molecule has 0 fully saturated rings. The minimum atomic E-state index is 1.43. The molecule has 0 aliphatic rings. The second-order valence-electron chi connectivity index (χ2n) is 0.894. The summed E-state index contributed by atoms with van der Waals surface area (Å²) in [4.78, 5) is 0. The Morgan fingerprint density at radius 3 is 0.643 bits per heavy atom. The summed E-state index contributed by atoms with van der Waals surface area (Å²) >= 11 is 1.82. The Kier molecular flexibility index (Phi) is 356. The summed E-state index contributed by atoms with van der Waals surface area (Å²) in [5, 5.41) is 29.3. The number of hydrogen-bond donors (Lipinski definition) is 0. The van der Waals surface area contributed by atoms with Gasteiger partial charge >= 0.3 is 27.0 Å². The van der Waals surface area contributed by atoms with Gasteiger partial charge < -0.3 is 0 Å². The Morgan fingerprint density at radius 1 is 0.643 bits per heavy atom. The normalized spacial score (nSPS) is 2.71. The van der Waals surface area contributed by atoms with Crippen LogP contribution in [0.4, 0.5) is 0 Å². The Hall–Kier alpha value is -1.13. The molecule has 0 aromatic heterocycles. The molecule has 0 aliphatic heterocycles. The van der Waals surface area contributed by atoms with Crippen LogP contribution in [-0.2, 0) is 17.3 Å². The number of hydrogen-bond acceptors (Lipinski definition) is 4. The molecule has 0 aliphatic carbocycles. The van der Waals surface area contributed by atoms with Crippen LogP contribution >= 0.6 is 9.69 Å². The van der Waals surface area contributed by atoms with Gasteiger partial charge in [0, 0.05) is 27.7 Å². The Labute approximate surface area is 100 Å². The minimum absolute atomic E-state index is 1.43. The first-order chi connectivity index (χ1) is 6.66. The first-order valence-electron chi connectivity index (χ1n) is 3.03. The van der Waals surface area contributed by atoms with Gasteiger partial charge in [-0.05, 0) is 0 Å². The third kappa shape index (κ3) is 835. The zero-order chi connectivity index (χ0) is 12.8. The van der Waals surface area contributed by atoms with Gasteiger partial charge in [-0.1, -0.05) is 0 Å². The van der Waals surface area contributed by atoms with E-state index in [9.17, 15) is 0 Å². The third-order valence-electron chi connectivity index (χ3n) is 0. The van der Waals surface area contributed by atoms with Crippen LogP contribution in [-0.4, -0.2) is 0 Å². The van der Waals surface area contributed by atoms with Crippen molar-refractivity contribution in [3.63, 3.8) is 0 Å². The molecule has 4 nitrogen and oxygen atoms in total. The molecule has 14 heavy (non-hydrogen) atoms. The molecule has 0 heterocycles. The molecule has 0 bridgehead atoms. The molecular weight excluding hydrogens is 289 g/mol. The van der Waals surface area contributed by atoms with E-state index in [0.717, 1.165) is 0 Å². The zero-order valence-electron chi connectivity index (χ0n) is 8.52. The predicted octanol–water partition coefficient (Wildman–Crippen LogP) is 2.81. The van der Waals surface area contributed by atoms with E-state index in [1.165, 1.54) is 27.7 Å². The van der Waals surface area contributed by atoms with Crippen molar-refractivity contribution < 1.29 is 17.3 Å². The molecule has 0 spiro atoms. The molecule has 6 heteroatoms. The topological polar surface area (TPSA) is 95.2 Å². The molecule has 0 saturated carbocycles. The van der Waals surface area contributed by atoms with Gasteiger partial charge in [0.15, 0.2) is 0 Å². The maximum absolute atomic E-state index is 7.32. The monoisotopic (exact) mass is 301 g/mol. The molecule has 0 radical (unpaired) electrons. The first kappa shape index (κ1) is 29.3. The fraction of sp³-hybridized carbons (Fsp3) is 0.500. The van der Waals surface area contributed by atoms with Crippen LogP contribution in [0.2, 0.25) is 0 Å². The van der Waals surface area contributed by atoms with Crippen LogP contribution < -0.4 is 0 Å². The van der Waals surface area contributed by atoms with Crippen molar-refractivity contribution in [3.05, 3.63) is 0 Å². The van der Waals surface area contributed by atoms with Gasteiger partial charge in [0.05, 0.1) is 24.3 Å². The van der Waals surface area contributed by atoms with Crippen molar-refractivity contribution in [1.82, 2.24) is 0 Å². The van der Waals surface area contributed by atoms with Crippen molar-refractivity contribution in [3.8, 4) is 24.3 Å². The Bertz CT molecular complexity index is 155. The van der Waals surface area contributed by atoms with E-state index in [1.807, 2.05) is 17.3 Å². The van der Waals surface area contributed by atoms with Gasteiger partial charge in [-0.2, -0.15) is 21.0 Å².